The fourth-order valence-electron chi connectivity index (χ4n) is 4.24. The first-order valence-corrected chi connectivity index (χ1v) is 10.2. The molecule has 0 aliphatic rings. The molecule has 0 aliphatic carbocycles. The molecule has 0 aliphatic heterocycles. The zero-order chi connectivity index (χ0) is 21.6. The molecule has 1 aromatic carbocycles. The van der Waals surface area contributed by atoms with Crippen LogP contribution in [0.1, 0.15) is 54.0 Å². The van der Waals surface area contributed by atoms with Gasteiger partial charge in [0.1, 0.15) is 0 Å². The van der Waals surface area contributed by atoms with E-state index in [4.69, 9.17) is 0 Å². The minimum atomic E-state index is -0.411. The van der Waals surface area contributed by atoms with Gasteiger partial charge < -0.3 is 0 Å². The van der Waals surface area contributed by atoms with E-state index in [-0.39, 0.29) is 27.6 Å². The van der Waals surface area contributed by atoms with Gasteiger partial charge >= 0.3 is 0 Å². The van der Waals surface area contributed by atoms with Crippen molar-refractivity contribution < 1.29 is 0 Å². The van der Waals surface area contributed by atoms with E-state index in [1.165, 1.54) is 21.3 Å². The summed E-state index contributed by atoms with van der Waals surface area (Å²) < 4.78 is 2.40. The van der Waals surface area contributed by atoms with E-state index in [0.29, 0.717) is 25.0 Å². The molecule has 0 saturated heterocycles. The highest BCUT2D eigenvalue weighted by Crippen LogP contribution is 2.16. The summed E-state index contributed by atoms with van der Waals surface area (Å²) in [5.74, 6) is 0. The van der Waals surface area contributed by atoms with Crippen molar-refractivity contribution in [3.05, 3.63) is 53.5 Å². The van der Waals surface area contributed by atoms with Crippen LogP contribution in [0.25, 0.3) is 21.5 Å². The average molecular weight is 399 g/mol. The molecule has 0 spiro atoms. The summed E-state index contributed by atoms with van der Waals surface area (Å²) in [5, 5.41) is 0.836. The normalized spacial score (nSPS) is 12.6. The van der Waals surface area contributed by atoms with Crippen molar-refractivity contribution in [1.82, 2.24) is 14.0 Å². The molecule has 7 heteroatoms. The number of aromatic nitrogens is 2. The predicted molar refractivity (Wildman–Crippen MR) is 117 cm³/mol. The molecular weight excluding hydrogens is 370 g/mol. The van der Waals surface area contributed by atoms with Gasteiger partial charge in [0, 0.05) is 31.2 Å². The van der Waals surface area contributed by atoms with Crippen molar-refractivity contribution >= 4 is 21.5 Å². The van der Waals surface area contributed by atoms with Crippen molar-refractivity contribution in [2.24, 2.45) is 0 Å². The van der Waals surface area contributed by atoms with Gasteiger partial charge in [-0.15, -0.1) is 0 Å². The van der Waals surface area contributed by atoms with Crippen LogP contribution < -0.4 is 22.2 Å². The van der Waals surface area contributed by atoms with Crippen LogP contribution in [0.4, 0.5) is 0 Å². The fourth-order valence-corrected chi connectivity index (χ4v) is 4.24. The molecule has 0 saturated carbocycles. The standard InChI is InChI=1S/C22H29N3O4/c1-12(2)23(13(3)4)8-7-9-24-19(26)15-10-17-18(11-16(15)20(24)27)22(29)25(14(5)6)21(17)28/h10-14H,7-9H2,1-6H3. The first-order chi connectivity index (χ1) is 13.6. The number of hydrogen-bond donors (Lipinski definition) is 0. The van der Waals surface area contributed by atoms with Crippen molar-refractivity contribution in [3.8, 4) is 0 Å². The van der Waals surface area contributed by atoms with Gasteiger partial charge in [-0.1, -0.05) is 0 Å². The Kier molecular flexibility index (Phi) is 5.63. The van der Waals surface area contributed by atoms with Crippen molar-refractivity contribution in [1.29, 1.82) is 0 Å². The molecule has 156 valence electrons. The van der Waals surface area contributed by atoms with Crippen LogP contribution in [-0.2, 0) is 6.54 Å². The highest BCUT2D eigenvalue weighted by Gasteiger charge is 2.20. The Balaban J connectivity index is 2.04. The molecule has 0 radical (unpaired) electrons. The smallest absolute Gasteiger partial charge is 0.261 e. The van der Waals surface area contributed by atoms with Gasteiger partial charge in [0.15, 0.2) is 0 Å². The van der Waals surface area contributed by atoms with E-state index < -0.39 is 22.2 Å². The van der Waals surface area contributed by atoms with Crippen LogP contribution in [0.3, 0.4) is 0 Å². The Bertz CT molecular complexity index is 1170. The van der Waals surface area contributed by atoms with Gasteiger partial charge in [0.05, 0.1) is 21.5 Å². The van der Waals surface area contributed by atoms with Crippen LogP contribution in [0.15, 0.2) is 31.3 Å². The van der Waals surface area contributed by atoms with Crippen molar-refractivity contribution in [2.75, 3.05) is 6.54 Å². The zero-order valence-corrected chi connectivity index (χ0v) is 18.0. The lowest BCUT2D eigenvalue weighted by atomic mass is 10.1. The molecule has 0 fully saturated rings. The Morgan fingerprint density at radius 2 is 1.14 bits per heavy atom. The van der Waals surface area contributed by atoms with Crippen LogP contribution in [0.5, 0.6) is 0 Å². The number of nitrogens with zero attached hydrogens (tertiary/aromatic N) is 3. The lowest BCUT2D eigenvalue weighted by Gasteiger charge is -2.30. The third-order valence-corrected chi connectivity index (χ3v) is 5.65. The second-order valence-electron chi connectivity index (χ2n) is 8.56. The summed E-state index contributed by atoms with van der Waals surface area (Å²) in [6.07, 6.45) is 0.667. The largest absolute Gasteiger partial charge is 0.298 e. The number of rotatable bonds is 7. The monoisotopic (exact) mass is 399 g/mol. The third-order valence-electron chi connectivity index (χ3n) is 5.65. The molecule has 3 aromatic rings. The maximum Gasteiger partial charge on any atom is 0.261 e. The Hall–Kier alpha value is -2.54. The van der Waals surface area contributed by atoms with Crippen LogP contribution in [0, 0.1) is 0 Å². The first kappa shape index (κ1) is 21.2. The number of hydrogen-bond acceptors (Lipinski definition) is 5. The van der Waals surface area contributed by atoms with Gasteiger partial charge in [-0.05, 0) is 60.1 Å². The van der Waals surface area contributed by atoms with Crippen molar-refractivity contribution in [2.45, 2.75) is 72.6 Å². The molecule has 0 bridgehead atoms. The highest BCUT2D eigenvalue weighted by molar-refractivity contribution is 5.97. The topological polar surface area (TPSA) is 81.4 Å². The summed E-state index contributed by atoms with van der Waals surface area (Å²) in [6.45, 7) is 13.1. The van der Waals surface area contributed by atoms with E-state index in [9.17, 15) is 19.2 Å². The molecule has 7 nitrogen and oxygen atoms in total. The molecule has 3 rings (SSSR count). The van der Waals surface area contributed by atoms with Crippen molar-refractivity contribution in [3.63, 3.8) is 0 Å². The van der Waals surface area contributed by atoms with Gasteiger partial charge in [0.2, 0.25) is 0 Å². The summed E-state index contributed by atoms with van der Waals surface area (Å²) >= 11 is 0. The predicted octanol–water partition coefficient (Wildman–Crippen LogP) is 2.00. The van der Waals surface area contributed by atoms with E-state index in [0.717, 1.165) is 6.54 Å². The van der Waals surface area contributed by atoms with E-state index >= 15 is 0 Å². The zero-order valence-electron chi connectivity index (χ0n) is 18.0. The number of fused-ring (bicyclic) bond motifs is 2. The molecular formula is C22H29N3O4. The Labute approximate surface area is 168 Å². The van der Waals surface area contributed by atoms with Gasteiger partial charge in [0.25, 0.3) is 22.2 Å². The second kappa shape index (κ2) is 7.71. The minimum absolute atomic E-state index is 0.205. The third kappa shape index (κ3) is 3.48. The van der Waals surface area contributed by atoms with Gasteiger partial charge in [-0.2, -0.15) is 0 Å². The summed E-state index contributed by atoms with van der Waals surface area (Å²) in [5.41, 5.74) is -1.61. The molecule has 0 unspecified atom stereocenters. The molecule has 0 N–H and O–H groups in total. The summed E-state index contributed by atoms with van der Waals surface area (Å²) in [7, 11) is 0. The maximum atomic E-state index is 12.8. The van der Waals surface area contributed by atoms with E-state index in [1.54, 1.807) is 13.8 Å². The maximum absolute atomic E-state index is 12.8. The second-order valence-corrected chi connectivity index (χ2v) is 8.56. The SMILES string of the molecule is CC(C)N(CCCn1c(=O)c2cc3c(=O)n(C(C)C)c(=O)c3cc2c1=O)C(C)C. The molecule has 0 atom stereocenters. The summed E-state index contributed by atoms with van der Waals surface area (Å²) in [6, 6.07) is 3.30. The van der Waals surface area contributed by atoms with Gasteiger partial charge in [-0.3, -0.25) is 33.2 Å². The average Bonchev–Trinajstić information content (AvgIpc) is 3.02. The minimum Gasteiger partial charge on any atom is -0.298 e. The van der Waals surface area contributed by atoms with E-state index in [2.05, 4.69) is 32.6 Å². The van der Waals surface area contributed by atoms with E-state index in [1.807, 2.05) is 0 Å². The molecule has 2 aromatic heterocycles. The quantitative estimate of drug-likeness (QED) is 0.607. The molecule has 2 heterocycles. The highest BCUT2D eigenvalue weighted by atomic mass is 16.2. The summed E-state index contributed by atoms with van der Waals surface area (Å²) in [4.78, 5) is 53.1. The first-order valence-electron chi connectivity index (χ1n) is 10.2. The van der Waals surface area contributed by atoms with Crippen LogP contribution in [0.2, 0.25) is 0 Å². The number of benzene rings is 1. The Morgan fingerprint density at radius 1 is 0.724 bits per heavy atom. The Morgan fingerprint density at radius 3 is 1.52 bits per heavy atom. The fraction of sp³-hybridized carbons (Fsp3) is 0.545. The van der Waals surface area contributed by atoms with Crippen LogP contribution in [-0.4, -0.2) is 32.7 Å². The lowest BCUT2D eigenvalue weighted by molar-refractivity contribution is 0.170. The van der Waals surface area contributed by atoms with Gasteiger partial charge in [-0.25, -0.2) is 0 Å². The lowest BCUT2D eigenvalue weighted by Crippen LogP contribution is -2.38. The van der Waals surface area contributed by atoms with Crippen LogP contribution >= 0.6 is 0 Å². The molecule has 0 amide bonds. The molecule has 29 heavy (non-hydrogen) atoms.